The molecule has 0 unspecified atom stereocenters. The summed E-state index contributed by atoms with van der Waals surface area (Å²) < 4.78 is 4.98. The van der Waals surface area contributed by atoms with Crippen LogP contribution in [0, 0.1) is 5.92 Å². The predicted octanol–water partition coefficient (Wildman–Crippen LogP) is 2.01. The molecule has 0 atom stereocenters. The van der Waals surface area contributed by atoms with E-state index in [0.717, 1.165) is 49.8 Å². The number of nitrogens with zero attached hydrogens (tertiary/aromatic N) is 2. The highest BCUT2D eigenvalue weighted by molar-refractivity contribution is 5.82. The van der Waals surface area contributed by atoms with Gasteiger partial charge in [0.1, 0.15) is 12.2 Å². The van der Waals surface area contributed by atoms with Crippen LogP contribution in [0.25, 0.3) is 11.0 Å². The number of imidazole rings is 1. The zero-order chi connectivity index (χ0) is 17.4. The van der Waals surface area contributed by atoms with Crippen molar-refractivity contribution in [1.82, 2.24) is 14.9 Å². The van der Waals surface area contributed by atoms with Crippen LogP contribution < -0.4 is 0 Å². The first-order chi connectivity index (χ1) is 12.1. The van der Waals surface area contributed by atoms with Crippen molar-refractivity contribution in [2.24, 2.45) is 5.92 Å². The average Bonchev–Trinajstić information content (AvgIpc) is 3.37. The van der Waals surface area contributed by atoms with Gasteiger partial charge < -0.3 is 14.6 Å². The molecule has 1 aliphatic heterocycles. The average molecular weight is 341 g/mol. The van der Waals surface area contributed by atoms with E-state index in [2.05, 4.69) is 22.1 Å². The summed E-state index contributed by atoms with van der Waals surface area (Å²) in [4.78, 5) is 33.7. The van der Waals surface area contributed by atoms with E-state index in [1.165, 1.54) is 11.1 Å². The van der Waals surface area contributed by atoms with Crippen LogP contribution in [0.2, 0.25) is 0 Å². The summed E-state index contributed by atoms with van der Waals surface area (Å²) in [6.07, 6.45) is 4.01. The number of aromatic amines is 1. The third-order valence-corrected chi connectivity index (χ3v) is 5.01. The summed E-state index contributed by atoms with van der Waals surface area (Å²) >= 11 is 0. The Kier molecular flexibility index (Phi) is 4.19. The van der Waals surface area contributed by atoms with Crippen molar-refractivity contribution in [3.63, 3.8) is 0 Å². The van der Waals surface area contributed by atoms with Gasteiger partial charge in [-0.2, -0.15) is 0 Å². The van der Waals surface area contributed by atoms with Crippen LogP contribution in [0.1, 0.15) is 36.7 Å². The first kappa shape index (κ1) is 16.1. The van der Waals surface area contributed by atoms with Gasteiger partial charge in [0.05, 0.1) is 17.6 Å². The Labute approximate surface area is 146 Å². The summed E-state index contributed by atoms with van der Waals surface area (Å²) in [5.74, 6) is 0.979. The highest BCUT2D eigenvalue weighted by Crippen LogP contribution is 2.32. The number of benzene rings is 1. The third kappa shape index (κ3) is 3.38. The zero-order valence-electron chi connectivity index (χ0n) is 14.5. The molecule has 2 aliphatic rings. The van der Waals surface area contributed by atoms with E-state index >= 15 is 0 Å². The number of nitrogens with one attached hydrogen (secondary N) is 1. The lowest BCUT2D eigenvalue weighted by atomic mass is 10.0. The van der Waals surface area contributed by atoms with E-state index in [1.807, 2.05) is 4.90 Å². The number of aromatic nitrogens is 2. The number of esters is 1. The molecule has 6 nitrogen and oxygen atoms in total. The molecule has 0 saturated heterocycles. The predicted molar refractivity (Wildman–Crippen MR) is 93.1 cm³/mol. The van der Waals surface area contributed by atoms with Crippen LogP contribution in [-0.2, 0) is 33.6 Å². The largest absolute Gasteiger partial charge is 0.466 e. The second-order valence-electron chi connectivity index (χ2n) is 6.90. The number of hydrogen-bond donors (Lipinski definition) is 1. The molecule has 2 aromatic rings. The van der Waals surface area contributed by atoms with Crippen molar-refractivity contribution in [2.45, 2.75) is 39.0 Å². The fourth-order valence-corrected chi connectivity index (χ4v) is 3.53. The van der Waals surface area contributed by atoms with Gasteiger partial charge in [-0.3, -0.25) is 9.59 Å². The van der Waals surface area contributed by atoms with Gasteiger partial charge in [-0.1, -0.05) is 0 Å². The van der Waals surface area contributed by atoms with Crippen molar-refractivity contribution in [1.29, 1.82) is 0 Å². The lowest BCUT2D eigenvalue weighted by molar-refractivity contribution is -0.142. The number of hydrogen-bond acceptors (Lipinski definition) is 4. The number of carbonyl (C=O) groups is 2. The van der Waals surface area contributed by atoms with Gasteiger partial charge in [-0.15, -0.1) is 0 Å². The zero-order valence-corrected chi connectivity index (χ0v) is 14.5. The molecule has 25 heavy (non-hydrogen) atoms. The molecule has 1 aromatic heterocycles. The molecule has 2 heterocycles. The van der Waals surface area contributed by atoms with Crippen molar-refractivity contribution in [3.05, 3.63) is 29.1 Å². The van der Waals surface area contributed by atoms with E-state index in [-0.39, 0.29) is 18.3 Å². The number of fused-ring (bicyclic) bond motifs is 2. The van der Waals surface area contributed by atoms with Crippen molar-refractivity contribution in [2.75, 3.05) is 19.7 Å². The molecule has 6 heteroatoms. The van der Waals surface area contributed by atoms with Crippen LogP contribution in [0.15, 0.2) is 12.1 Å². The van der Waals surface area contributed by atoms with Gasteiger partial charge in [-0.05, 0) is 55.9 Å². The van der Waals surface area contributed by atoms with Crippen molar-refractivity contribution in [3.8, 4) is 0 Å². The van der Waals surface area contributed by atoms with Crippen LogP contribution >= 0.6 is 0 Å². The van der Waals surface area contributed by atoms with E-state index in [9.17, 15) is 9.59 Å². The van der Waals surface area contributed by atoms with Crippen LogP contribution in [-0.4, -0.2) is 46.4 Å². The molecule has 1 N–H and O–H groups in total. The molecule has 1 aromatic carbocycles. The second-order valence-corrected chi connectivity index (χ2v) is 6.90. The molecule has 0 radical (unpaired) electrons. The molecule has 4 rings (SSSR count). The van der Waals surface area contributed by atoms with E-state index < -0.39 is 0 Å². The molecule has 1 aliphatic carbocycles. The van der Waals surface area contributed by atoms with E-state index in [0.29, 0.717) is 18.3 Å². The van der Waals surface area contributed by atoms with Gasteiger partial charge in [0.2, 0.25) is 5.91 Å². The lowest BCUT2D eigenvalue weighted by Gasteiger charge is -2.19. The lowest BCUT2D eigenvalue weighted by Crippen LogP contribution is -2.34. The van der Waals surface area contributed by atoms with Gasteiger partial charge in [0.15, 0.2) is 0 Å². The van der Waals surface area contributed by atoms with Crippen LogP contribution in [0.5, 0.6) is 0 Å². The quantitative estimate of drug-likeness (QED) is 0.863. The number of ether oxygens (including phenoxy) is 1. The summed E-state index contributed by atoms with van der Waals surface area (Å²) in [7, 11) is 0. The Hall–Kier alpha value is -2.37. The van der Waals surface area contributed by atoms with Crippen LogP contribution in [0.3, 0.4) is 0 Å². The highest BCUT2D eigenvalue weighted by atomic mass is 16.5. The smallest absolute Gasteiger partial charge is 0.313 e. The van der Waals surface area contributed by atoms with E-state index in [1.54, 1.807) is 6.92 Å². The third-order valence-electron chi connectivity index (χ3n) is 5.01. The molecular weight excluding hydrogens is 318 g/mol. The normalized spacial score (nSPS) is 17.2. The molecule has 0 bridgehead atoms. The van der Waals surface area contributed by atoms with Crippen molar-refractivity contribution < 1.29 is 14.3 Å². The number of rotatable bonds is 4. The standard InChI is InChI=1S/C19H23N3O3/c1-2-25-18(23)11-17-20-15-9-13-5-7-22(19(24)12-3-4-12)8-6-14(13)10-16(15)21-17/h9-10,12H,2-8,11H2,1H3,(H,20,21). The van der Waals surface area contributed by atoms with Gasteiger partial charge in [0, 0.05) is 19.0 Å². The van der Waals surface area contributed by atoms with Gasteiger partial charge >= 0.3 is 5.97 Å². The molecule has 1 fully saturated rings. The summed E-state index contributed by atoms with van der Waals surface area (Å²) in [5, 5.41) is 0. The fraction of sp³-hybridized carbons (Fsp3) is 0.526. The Morgan fingerprint density at radius 2 is 1.96 bits per heavy atom. The number of amides is 1. The minimum atomic E-state index is -0.266. The summed E-state index contributed by atoms with van der Waals surface area (Å²) in [6, 6.07) is 4.22. The first-order valence-electron chi connectivity index (χ1n) is 9.09. The maximum Gasteiger partial charge on any atom is 0.313 e. The van der Waals surface area contributed by atoms with Crippen LogP contribution in [0.4, 0.5) is 0 Å². The highest BCUT2D eigenvalue weighted by Gasteiger charge is 2.33. The van der Waals surface area contributed by atoms with Crippen molar-refractivity contribution >= 4 is 22.9 Å². The monoisotopic (exact) mass is 341 g/mol. The van der Waals surface area contributed by atoms with E-state index in [4.69, 9.17) is 4.74 Å². The van der Waals surface area contributed by atoms with Gasteiger partial charge in [-0.25, -0.2) is 4.98 Å². The summed E-state index contributed by atoms with van der Waals surface area (Å²) in [6.45, 7) is 3.75. The maximum absolute atomic E-state index is 12.3. The molecule has 132 valence electrons. The number of carbonyl (C=O) groups excluding carboxylic acids is 2. The van der Waals surface area contributed by atoms with Gasteiger partial charge in [0.25, 0.3) is 0 Å². The minimum Gasteiger partial charge on any atom is -0.466 e. The molecule has 0 spiro atoms. The summed E-state index contributed by atoms with van der Waals surface area (Å²) in [5.41, 5.74) is 4.35. The Morgan fingerprint density at radius 1 is 1.24 bits per heavy atom. The number of H-pyrrole nitrogens is 1. The molecule has 1 amide bonds. The Morgan fingerprint density at radius 3 is 2.64 bits per heavy atom. The SMILES string of the molecule is CCOC(=O)Cc1nc2cc3c(cc2[nH]1)CCN(C(=O)C1CC1)CC3. The molecule has 1 saturated carbocycles. The molecular formula is C19H23N3O3. The Balaban J connectivity index is 1.52. The Bertz CT molecular complexity index is 778. The maximum atomic E-state index is 12.3. The topological polar surface area (TPSA) is 75.3 Å². The fourth-order valence-electron chi connectivity index (χ4n) is 3.53. The second kappa shape index (κ2) is 6.50. The minimum absolute atomic E-state index is 0.164. The first-order valence-corrected chi connectivity index (χ1v) is 9.09.